The van der Waals surface area contributed by atoms with E-state index in [2.05, 4.69) is 25.6 Å². The lowest BCUT2D eigenvalue weighted by Gasteiger charge is -2.22. The summed E-state index contributed by atoms with van der Waals surface area (Å²) in [5.74, 6) is 0.273. The molecule has 0 aliphatic heterocycles. The molecule has 0 fully saturated rings. The van der Waals surface area contributed by atoms with Gasteiger partial charge in [-0.3, -0.25) is 9.59 Å². The van der Waals surface area contributed by atoms with E-state index in [0.717, 1.165) is 55.2 Å². The van der Waals surface area contributed by atoms with Gasteiger partial charge >= 0.3 is 4.87 Å². The fourth-order valence-electron chi connectivity index (χ4n) is 4.57. The van der Waals surface area contributed by atoms with Crippen LogP contribution in [0.4, 0.5) is 15.9 Å². The molecule has 1 aliphatic carbocycles. The van der Waals surface area contributed by atoms with Crippen LogP contribution in [0.15, 0.2) is 53.6 Å². The van der Waals surface area contributed by atoms with E-state index in [0.29, 0.717) is 13.0 Å². The first-order valence-electron chi connectivity index (χ1n) is 11.2. The van der Waals surface area contributed by atoms with Gasteiger partial charge in [0.05, 0.1) is 15.6 Å². The highest BCUT2D eigenvalue weighted by atomic mass is 32.1. The monoisotopic (exact) mass is 505 g/mol. The minimum absolute atomic E-state index is 0.0133. The number of anilines is 2. The number of H-pyrrole nitrogens is 1. The maximum absolute atomic E-state index is 13.4. The normalized spacial score (nSPS) is 15.3. The number of rotatable bonds is 5. The first-order valence-corrected chi connectivity index (χ1v) is 12.8. The summed E-state index contributed by atoms with van der Waals surface area (Å²) in [6.07, 6.45) is 3.68. The average Bonchev–Trinajstić information content (AvgIpc) is 3.41. The molecule has 35 heavy (non-hydrogen) atoms. The van der Waals surface area contributed by atoms with Crippen molar-refractivity contribution in [3.63, 3.8) is 0 Å². The summed E-state index contributed by atoms with van der Waals surface area (Å²) in [7, 11) is 0. The number of aromatic amines is 1. The van der Waals surface area contributed by atoms with Crippen molar-refractivity contribution >= 4 is 60.5 Å². The molecule has 1 aliphatic rings. The molecule has 3 aromatic heterocycles. The number of benzene rings is 2. The molecule has 5 aromatic rings. The van der Waals surface area contributed by atoms with Crippen LogP contribution in [0, 0.1) is 11.7 Å². The van der Waals surface area contributed by atoms with E-state index in [9.17, 15) is 14.0 Å². The first kappa shape index (κ1) is 21.9. The fraction of sp³-hybridized carbons (Fsp3) is 0.200. The Morgan fingerprint density at radius 3 is 2.97 bits per heavy atom. The Bertz CT molecular complexity index is 1640. The van der Waals surface area contributed by atoms with Crippen molar-refractivity contribution in [1.82, 2.24) is 20.3 Å². The molecule has 2 aromatic carbocycles. The predicted octanol–water partition coefficient (Wildman–Crippen LogP) is 4.90. The highest BCUT2D eigenvalue weighted by molar-refractivity contribution is 7.19. The van der Waals surface area contributed by atoms with Crippen molar-refractivity contribution < 1.29 is 9.18 Å². The van der Waals surface area contributed by atoms with Gasteiger partial charge in [0.1, 0.15) is 22.8 Å². The van der Waals surface area contributed by atoms with Crippen LogP contribution in [-0.4, -0.2) is 20.9 Å². The molecule has 0 spiro atoms. The third-order valence-electron chi connectivity index (χ3n) is 6.26. The lowest BCUT2D eigenvalue weighted by Crippen LogP contribution is -2.33. The maximum Gasteiger partial charge on any atom is 0.305 e. The summed E-state index contributed by atoms with van der Waals surface area (Å²) in [5, 5.41) is 7.35. The number of hydrogen-bond acceptors (Lipinski definition) is 7. The van der Waals surface area contributed by atoms with Crippen LogP contribution >= 0.6 is 22.7 Å². The number of carbonyl (C=O) groups is 1. The second-order valence-corrected chi connectivity index (χ2v) is 10.6. The quantitative estimate of drug-likeness (QED) is 0.316. The summed E-state index contributed by atoms with van der Waals surface area (Å²) in [6, 6.07) is 12.0. The van der Waals surface area contributed by atoms with Crippen molar-refractivity contribution in [2.75, 3.05) is 5.32 Å². The topological polar surface area (TPSA) is 99.8 Å². The van der Waals surface area contributed by atoms with Gasteiger partial charge in [0.25, 0.3) is 0 Å². The number of thiazole rings is 1. The van der Waals surface area contributed by atoms with Crippen molar-refractivity contribution in [2.45, 2.75) is 25.8 Å². The molecule has 0 saturated carbocycles. The molecular weight excluding hydrogens is 485 g/mol. The second-order valence-electron chi connectivity index (χ2n) is 8.54. The zero-order valence-corrected chi connectivity index (χ0v) is 20.1. The molecule has 0 bridgehead atoms. The Kier molecular flexibility index (Phi) is 5.54. The number of halogens is 1. The number of carbonyl (C=O) groups excluding carboxylic acids is 1. The number of nitrogens with one attached hydrogen (secondary N) is 3. The van der Waals surface area contributed by atoms with E-state index >= 15 is 0 Å². The zero-order valence-electron chi connectivity index (χ0n) is 18.4. The van der Waals surface area contributed by atoms with Gasteiger partial charge < -0.3 is 15.6 Å². The van der Waals surface area contributed by atoms with Gasteiger partial charge in [-0.1, -0.05) is 23.5 Å². The Labute approximate surface area is 207 Å². The molecular formula is C25H20FN5O2S2. The standard InChI is InChI=1S/C25H20FN5O2S2/c26-15-3-1-2-13(8-15)11-27-23(32)14-4-6-17-19(9-14)34-24-21(17)22(28-12-29-24)30-16-5-7-18-20(10-16)35-25(33)31-18/h1-3,5,7-8,10,12,14H,4,6,9,11H2,(H,27,32)(H,31,33)(H,28,29,30)/t14-/m1/s1. The van der Waals surface area contributed by atoms with Crippen LogP contribution in [0.1, 0.15) is 22.4 Å². The largest absolute Gasteiger partial charge is 0.352 e. The third kappa shape index (κ3) is 4.30. The van der Waals surface area contributed by atoms with Gasteiger partial charge in [-0.25, -0.2) is 14.4 Å². The van der Waals surface area contributed by atoms with E-state index in [1.165, 1.54) is 29.0 Å². The van der Waals surface area contributed by atoms with Gasteiger partial charge in [-0.2, -0.15) is 0 Å². The molecule has 10 heteroatoms. The summed E-state index contributed by atoms with van der Waals surface area (Å²) >= 11 is 2.78. The number of thiophene rings is 1. The summed E-state index contributed by atoms with van der Waals surface area (Å²) in [5.41, 5.74) is 3.59. The van der Waals surface area contributed by atoms with E-state index in [4.69, 9.17) is 0 Å². The van der Waals surface area contributed by atoms with E-state index < -0.39 is 0 Å². The van der Waals surface area contributed by atoms with Crippen molar-refractivity contribution in [3.05, 3.63) is 80.3 Å². The molecule has 7 nitrogen and oxygen atoms in total. The van der Waals surface area contributed by atoms with Gasteiger partial charge in [-0.05, 0) is 60.7 Å². The highest BCUT2D eigenvalue weighted by Gasteiger charge is 2.29. The minimum atomic E-state index is -0.307. The number of amides is 1. The molecule has 3 N–H and O–H groups in total. The first-order chi connectivity index (χ1) is 17.0. The van der Waals surface area contributed by atoms with Crippen LogP contribution in [0.3, 0.4) is 0 Å². The Balaban J connectivity index is 1.22. The Hall–Kier alpha value is -3.63. The van der Waals surface area contributed by atoms with E-state index in [1.807, 2.05) is 18.2 Å². The van der Waals surface area contributed by atoms with Crippen LogP contribution in [0.5, 0.6) is 0 Å². The molecule has 0 saturated heterocycles. The highest BCUT2D eigenvalue weighted by Crippen LogP contribution is 2.40. The van der Waals surface area contributed by atoms with Crippen LogP contribution in [-0.2, 0) is 24.2 Å². The van der Waals surface area contributed by atoms with Gasteiger partial charge in [-0.15, -0.1) is 11.3 Å². The molecule has 6 rings (SSSR count). The van der Waals surface area contributed by atoms with Gasteiger partial charge in [0.15, 0.2) is 0 Å². The number of nitrogens with zero attached hydrogens (tertiary/aromatic N) is 2. The van der Waals surface area contributed by atoms with Crippen molar-refractivity contribution in [3.8, 4) is 0 Å². The molecule has 1 amide bonds. The Morgan fingerprint density at radius 1 is 1.17 bits per heavy atom. The van der Waals surface area contributed by atoms with Crippen molar-refractivity contribution in [2.24, 2.45) is 5.92 Å². The lowest BCUT2D eigenvalue weighted by molar-refractivity contribution is -0.125. The smallest absolute Gasteiger partial charge is 0.305 e. The SMILES string of the molecule is O=C(NCc1cccc(F)c1)[C@@H]1CCc2c(sc3ncnc(Nc4ccc5[nH]c(=O)sc5c4)c23)C1. The van der Waals surface area contributed by atoms with Gasteiger partial charge in [0, 0.05) is 23.0 Å². The molecule has 3 heterocycles. The second kappa shape index (κ2) is 8.86. The third-order valence-corrected chi connectivity index (χ3v) is 8.26. The number of aromatic nitrogens is 3. The maximum atomic E-state index is 13.4. The van der Waals surface area contributed by atoms with E-state index in [1.54, 1.807) is 29.8 Å². The fourth-order valence-corrected chi connectivity index (χ4v) is 6.61. The number of fused-ring (bicyclic) bond motifs is 4. The summed E-state index contributed by atoms with van der Waals surface area (Å²) in [4.78, 5) is 38.2. The summed E-state index contributed by atoms with van der Waals surface area (Å²) < 4.78 is 14.3. The lowest BCUT2D eigenvalue weighted by atomic mass is 9.87. The molecule has 176 valence electrons. The van der Waals surface area contributed by atoms with Crippen LogP contribution < -0.4 is 15.5 Å². The molecule has 0 radical (unpaired) electrons. The minimum Gasteiger partial charge on any atom is -0.352 e. The molecule has 1 atom stereocenters. The Morgan fingerprint density at radius 2 is 2.09 bits per heavy atom. The van der Waals surface area contributed by atoms with E-state index in [-0.39, 0.29) is 22.5 Å². The zero-order chi connectivity index (χ0) is 23.9. The van der Waals surface area contributed by atoms with Crippen LogP contribution in [0.2, 0.25) is 0 Å². The number of aryl methyl sites for hydroxylation is 1. The van der Waals surface area contributed by atoms with Crippen molar-refractivity contribution in [1.29, 1.82) is 0 Å². The number of hydrogen-bond donors (Lipinski definition) is 3. The average molecular weight is 506 g/mol. The summed E-state index contributed by atoms with van der Waals surface area (Å²) in [6.45, 7) is 0.312. The van der Waals surface area contributed by atoms with Gasteiger partial charge in [0.2, 0.25) is 5.91 Å². The van der Waals surface area contributed by atoms with Crippen LogP contribution in [0.25, 0.3) is 20.4 Å². The predicted molar refractivity (Wildman–Crippen MR) is 137 cm³/mol. The molecule has 0 unspecified atom stereocenters.